The van der Waals surface area contributed by atoms with Crippen LogP contribution < -0.4 is 10.6 Å². The van der Waals surface area contributed by atoms with Gasteiger partial charge >= 0.3 is 6.18 Å². The number of rotatable bonds is 7. The topological polar surface area (TPSA) is 36.4 Å². The first-order chi connectivity index (χ1) is 10.0. The molecule has 0 aliphatic heterocycles. The van der Waals surface area contributed by atoms with E-state index in [1.807, 2.05) is 37.3 Å². The zero-order valence-corrected chi connectivity index (χ0v) is 12.2. The maximum atomic E-state index is 12.0. The van der Waals surface area contributed by atoms with E-state index in [2.05, 4.69) is 15.6 Å². The van der Waals surface area contributed by atoms with E-state index in [4.69, 9.17) is 0 Å². The largest absolute Gasteiger partial charge is 0.389 e. The maximum Gasteiger partial charge on any atom is 0.389 e. The minimum absolute atomic E-state index is 0.134. The molecule has 0 aliphatic carbocycles. The van der Waals surface area contributed by atoms with Gasteiger partial charge in [0.05, 0.1) is 6.54 Å². The average Bonchev–Trinajstić information content (AvgIpc) is 2.44. The van der Waals surface area contributed by atoms with E-state index < -0.39 is 12.6 Å². The van der Waals surface area contributed by atoms with Crippen LogP contribution in [0.3, 0.4) is 0 Å². The van der Waals surface area contributed by atoms with Gasteiger partial charge in [-0.15, -0.1) is 0 Å². The molecule has 21 heavy (non-hydrogen) atoms. The molecule has 0 saturated carbocycles. The molecule has 1 aromatic carbocycles. The Kier molecular flexibility index (Phi) is 7.64. The van der Waals surface area contributed by atoms with Gasteiger partial charge in [-0.25, -0.2) is 4.99 Å². The summed E-state index contributed by atoms with van der Waals surface area (Å²) >= 11 is 0. The van der Waals surface area contributed by atoms with Gasteiger partial charge in [0, 0.05) is 19.5 Å². The summed E-state index contributed by atoms with van der Waals surface area (Å²) < 4.78 is 36.0. The third-order valence-corrected chi connectivity index (χ3v) is 2.79. The van der Waals surface area contributed by atoms with Crippen molar-refractivity contribution in [2.75, 3.05) is 13.1 Å². The van der Waals surface area contributed by atoms with Crippen LogP contribution in [0.2, 0.25) is 0 Å². The van der Waals surface area contributed by atoms with E-state index in [1.54, 1.807) is 0 Å². The van der Waals surface area contributed by atoms with Crippen LogP contribution in [0.25, 0.3) is 0 Å². The highest BCUT2D eigenvalue weighted by Gasteiger charge is 2.25. The van der Waals surface area contributed by atoms with E-state index >= 15 is 0 Å². The standard InChI is InChI=1S/C15H22F3N3/c1-2-19-14(20-11-7-6-10-15(16,17)18)21-12-13-8-4-3-5-9-13/h3-5,8-9H,2,6-7,10-12H2,1H3,(H2,19,20,21). The monoisotopic (exact) mass is 301 g/mol. The Labute approximate surface area is 123 Å². The van der Waals surface area contributed by atoms with Crippen molar-refractivity contribution in [1.29, 1.82) is 0 Å². The lowest BCUT2D eigenvalue weighted by Crippen LogP contribution is -2.37. The minimum Gasteiger partial charge on any atom is -0.357 e. The second-order valence-corrected chi connectivity index (χ2v) is 4.68. The van der Waals surface area contributed by atoms with Crippen molar-refractivity contribution >= 4 is 5.96 Å². The van der Waals surface area contributed by atoms with Gasteiger partial charge in [0.1, 0.15) is 0 Å². The lowest BCUT2D eigenvalue weighted by Gasteiger charge is -2.11. The molecule has 3 nitrogen and oxygen atoms in total. The van der Waals surface area contributed by atoms with Crippen LogP contribution in [-0.4, -0.2) is 25.2 Å². The number of benzene rings is 1. The Morgan fingerprint density at radius 3 is 2.43 bits per heavy atom. The van der Waals surface area contributed by atoms with E-state index in [0.717, 1.165) is 5.56 Å². The molecule has 0 aromatic heterocycles. The maximum absolute atomic E-state index is 12.0. The number of hydrogen-bond acceptors (Lipinski definition) is 1. The molecule has 2 N–H and O–H groups in total. The first kappa shape index (κ1) is 17.3. The number of guanidine groups is 1. The smallest absolute Gasteiger partial charge is 0.357 e. The Bertz CT molecular complexity index is 416. The summed E-state index contributed by atoms with van der Waals surface area (Å²) in [4.78, 5) is 4.40. The van der Waals surface area contributed by atoms with Gasteiger partial charge < -0.3 is 10.6 Å². The number of halogens is 3. The van der Waals surface area contributed by atoms with E-state index in [-0.39, 0.29) is 6.42 Å². The molecule has 1 rings (SSSR count). The highest BCUT2D eigenvalue weighted by Crippen LogP contribution is 2.21. The minimum atomic E-state index is -4.06. The third-order valence-electron chi connectivity index (χ3n) is 2.79. The van der Waals surface area contributed by atoms with Crippen molar-refractivity contribution in [3.63, 3.8) is 0 Å². The molecule has 6 heteroatoms. The van der Waals surface area contributed by atoms with Crippen molar-refractivity contribution in [1.82, 2.24) is 10.6 Å². The summed E-state index contributed by atoms with van der Waals surface area (Å²) in [5, 5.41) is 6.13. The van der Waals surface area contributed by atoms with Gasteiger partial charge in [-0.3, -0.25) is 0 Å². The summed E-state index contributed by atoms with van der Waals surface area (Å²) in [5.74, 6) is 0.633. The lowest BCUT2D eigenvalue weighted by atomic mass is 10.2. The van der Waals surface area contributed by atoms with Crippen molar-refractivity contribution in [2.45, 2.75) is 38.9 Å². The van der Waals surface area contributed by atoms with Gasteiger partial charge in [-0.2, -0.15) is 13.2 Å². The number of aliphatic imine (C=N–C) groups is 1. The molecule has 0 spiro atoms. The van der Waals surface area contributed by atoms with E-state index in [9.17, 15) is 13.2 Å². The fraction of sp³-hybridized carbons (Fsp3) is 0.533. The Hall–Kier alpha value is -1.72. The van der Waals surface area contributed by atoms with E-state index in [0.29, 0.717) is 32.0 Å². The molecule has 1 aromatic rings. The van der Waals surface area contributed by atoms with Crippen LogP contribution in [-0.2, 0) is 6.54 Å². The highest BCUT2D eigenvalue weighted by molar-refractivity contribution is 5.79. The predicted octanol–water partition coefficient (Wildman–Crippen LogP) is 3.47. The molecule has 0 heterocycles. The van der Waals surface area contributed by atoms with Crippen molar-refractivity contribution < 1.29 is 13.2 Å². The van der Waals surface area contributed by atoms with Crippen LogP contribution in [0.4, 0.5) is 13.2 Å². The summed E-state index contributed by atoms with van der Waals surface area (Å²) in [7, 11) is 0. The molecule has 0 radical (unpaired) electrons. The summed E-state index contributed by atoms with van der Waals surface area (Å²) in [6.45, 7) is 3.68. The first-order valence-electron chi connectivity index (χ1n) is 7.14. The Morgan fingerprint density at radius 1 is 1.10 bits per heavy atom. The number of unbranched alkanes of at least 4 members (excludes halogenated alkanes) is 1. The molecule has 0 bridgehead atoms. The molecular weight excluding hydrogens is 279 g/mol. The van der Waals surface area contributed by atoms with E-state index in [1.165, 1.54) is 0 Å². The second-order valence-electron chi connectivity index (χ2n) is 4.68. The van der Waals surface area contributed by atoms with Gasteiger partial charge in [0.15, 0.2) is 5.96 Å². The normalized spacial score (nSPS) is 12.3. The fourth-order valence-corrected chi connectivity index (χ4v) is 1.75. The van der Waals surface area contributed by atoms with Crippen LogP contribution >= 0.6 is 0 Å². The van der Waals surface area contributed by atoms with Gasteiger partial charge in [-0.05, 0) is 25.3 Å². The number of alkyl halides is 3. The van der Waals surface area contributed by atoms with Crippen LogP contribution in [0, 0.1) is 0 Å². The molecule has 0 amide bonds. The van der Waals surface area contributed by atoms with Crippen LogP contribution in [0.15, 0.2) is 35.3 Å². The van der Waals surface area contributed by atoms with Gasteiger partial charge in [0.25, 0.3) is 0 Å². The van der Waals surface area contributed by atoms with Crippen LogP contribution in [0.5, 0.6) is 0 Å². The molecular formula is C15H22F3N3. The zero-order valence-electron chi connectivity index (χ0n) is 12.2. The zero-order chi connectivity index (χ0) is 15.6. The second kappa shape index (κ2) is 9.26. The number of nitrogens with zero attached hydrogens (tertiary/aromatic N) is 1. The Morgan fingerprint density at radius 2 is 1.81 bits per heavy atom. The molecule has 0 saturated heterocycles. The summed E-state index contributed by atoms with van der Waals surface area (Å²) in [5.41, 5.74) is 1.09. The van der Waals surface area contributed by atoms with Crippen molar-refractivity contribution in [3.8, 4) is 0 Å². The van der Waals surface area contributed by atoms with Crippen LogP contribution in [0.1, 0.15) is 31.7 Å². The first-order valence-corrected chi connectivity index (χ1v) is 7.14. The molecule has 0 aliphatic rings. The predicted molar refractivity (Wildman–Crippen MR) is 79.2 cm³/mol. The molecule has 0 unspecified atom stereocenters. The molecule has 118 valence electrons. The third kappa shape index (κ3) is 8.94. The van der Waals surface area contributed by atoms with Crippen molar-refractivity contribution in [3.05, 3.63) is 35.9 Å². The molecule has 0 fully saturated rings. The quantitative estimate of drug-likeness (QED) is 0.459. The van der Waals surface area contributed by atoms with Gasteiger partial charge in [-0.1, -0.05) is 30.3 Å². The Balaban J connectivity index is 2.32. The SMILES string of the molecule is CCNC(=NCc1ccccc1)NCCCCC(F)(F)F. The summed E-state index contributed by atoms with van der Waals surface area (Å²) in [6.07, 6.45) is -4.19. The van der Waals surface area contributed by atoms with Crippen molar-refractivity contribution in [2.24, 2.45) is 4.99 Å². The highest BCUT2D eigenvalue weighted by atomic mass is 19.4. The average molecular weight is 301 g/mol. The number of nitrogens with one attached hydrogen (secondary N) is 2. The summed E-state index contributed by atoms with van der Waals surface area (Å²) in [6, 6.07) is 9.80. The lowest BCUT2D eigenvalue weighted by molar-refractivity contribution is -0.135. The van der Waals surface area contributed by atoms with Gasteiger partial charge in [0.2, 0.25) is 0 Å². The molecule has 0 atom stereocenters. The number of hydrogen-bond donors (Lipinski definition) is 2. The fourth-order valence-electron chi connectivity index (χ4n) is 1.75.